The molecule has 7 heteroatoms. The van der Waals surface area contributed by atoms with Crippen molar-refractivity contribution < 1.29 is 0 Å². The smallest absolute Gasteiger partial charge is 0.177 e. The molecule has 0 radical (unpaired) electrons. The van der Waals surface area contributed by atoms with Crippen LogP contribution in [0.15, 0.2) is 39.7 Å². The van der Waals surface area contributed by atoms with Crippen molar-refractivity contribution in [2.45, 2.75) is 0 Å². The molecule has 0 aliphatic carbocycles. The Labute approximate surface area is 113 Å². The third-order valence-corrected chi connectivity index (χ3v) is 3.49. The van der Waals surface area contributed by atoms with E-state index < -0.39 is 0 Å². The number of hydrogen-bond donors (Lipinski definition) is 0. The van der Waals surface area contributed by atoms with E-state index in [0.717, 1.165) is 20.0 Å². The van der Waals surface area contributed by atoms with Crippen LogP contribution in [0.4, 0.5) is 0 Å². The molecule has 0 unspecified atom stereocenters. The molecule has 3 rings (SSSR count). The van der Waals surface area contributed by atoms with E-state index in [1.54, 1.807) is 12.3 Å². The maximum absolute atomic E-state index is 4.38. The fourth-order valence-corrected chi connectivity index (χ4v) is 2.24. The van der Waals surface area contributed by atoms with E-state index in [2.05, 4.69) is 52.0 Å². The molecule has 0 spiro atoms. The second kappa shape index (κ2) is 4.15. The van der Waals surface area contributed by atoms with Crippen molar-refractivity contribution in [3.63, 3.8) is 0 Å². The highest BCUT2D eigenvalue weighted by molar-refractivity contribution is 9.11. The van der Waals surface area contributed by atoms with Crippen LogP contribution in [-0.2, 0) is 0 Å². The van der Waals surface area contributed by atoms with E-state index in [4.69, 9.17) is 0 Å². The molecule has 0 atom stereocenters. The van der Waals surface area contributed by atoms with Gasteiger partial charge >= 0.3 is 0 Å². The number of hydrogen-bond acceptors (Lipinski definition) is 4. The van der Waals surface area contributed by atoms with E-state index >= 15 is 0 Å². The van der Waals surface area contributed by atoms with Gasteiger partial charge in [0.1, 0.15) is 17.4 Å². The second-order valence-electron chi connectivity index (χ2n) is 3.28. The molecule has 0 aliphatic heterocycles. The van der Waals surface area contributed by atoms with Gasteiger partial charge in [-0.15, -0.1) is 15.0 Å². The van der Waals surface area contributed by atoms with Gasteiger partial charge in [0.05, 0.1) is 0 Å². The summed E-state index contributed by atoms with van der Waals surface area (Å²) in [6.07, 6.45) is 3.12. The Hall–Kier alpha value is -1.34. The fraction of sp³-hybridized carbons (Fsp3) is 0. The molecule has 0 bridgehead atoms. The van der Waals surface area contributed by atoms with Crippen molar-refractivity contribution in [2.24, 2.45) is 0 Å². The van der Waals surface area contributed by atoms with Gasteiger partial charge in [0.2, 0.25) is 0 Å². The van der Waals surface area contributed by atoms with E-state index in [1.165, 1.54) is 11.1 Å². The Morgan fingerprint density at radius 3 is 2.12 bits per heavy atom. The first-order chi connectivity index (χ1) is 8.25. The van der Waals surface area contributed by atoms with Crippen LogP contribution in [0.5, 0.6) is 0 Å². The first-order valence-electron chi connectivity index (χ1n) is 4.73. The molecular formula is C10H5Br2N5. The van der Waals surface area contributed by atoms with E-state index in [0.29, 0.717) is 5.82 Å². The highest BCUT2D eigenvalue weighted by atomic mass is 79.9. The number of rotatable bonds is 1. The maximum Gasteiger partial charge on any atom is 0.177 e. The maximum atomic E-state index is 4.38. The van der Waals surface area contributed by atoms with Crippen molar-refractivity contribution >= 4 is 42.9 Å². The Kier molecular flexibility index (Phi) is 2.64. The Morgan fingerprint density at radius 2 is 1.59 bits per heavy atom. The lowest BCUT2D eigenvalue weighted by atomic mass is 10.3. The SMILES string of the molecule is Brc1ccc(Br)c2nn(-c3ccncn3)nc12. The summed E-state index contributed by atoms with van der Waals surface area (Å²) in [4.78, 5) is 9.45. The third-order valence-electron chi connectivity index (χ3n) is 2.21. The molecule has 0 N–H and O–H groups in total. The standard InChI is InChI=1S/C10H5Br2N5/c11-6-1-2-7(12)10-9(6)15-17(16-10)8-3-4-13-5-14-8/h1-5H. The predicted octanol–water partition coefficient (Wildman–Crippen LogP) is 2.74. The monoisotopic (exact) mass is 353 g/mol. The summed E-state index contributed by atoms with van der Waals surface area (Å²) in [7, 11) is 0. The summed E-state index contributed by atoms with van der Waals surface area (Å²) >= 11 is 6.89. The first-order valence-corrected chi connectivity index (χ1v) is 6.32. The van der Waals surface area contributed by atoms with Gasteiger partial charge < -0.3 is 0 Å². The summed E-state index contributed by atoms with van der Waals surface area (Å²) in [5, 5.41) is 8.76. The topological polar surface area (TPSA) is 56.5 Å². The van der Waals surface area contributed by atoms with Crippen LogP contribution >= 0.6 is 31.9 Å². The zero-order chi connectivity index (χ0) is 11.8. The molecule has 0 fully saturated rings. The highest BCUT2D eigenvalue weighted by Crippen LogP contribution is 2.27. The summed E-state index contributed by atoms with van der Waals surface area (Å²) < 4.78 is 1.80. The van der Waals surface area contributed by atoms with Gasteiger partial charge in [-0.2, -0.15) is 0 Å². The van der Waals surface area contributed by atoms with Crippen LogP contribution < -0.4 is 0 Å². The molecule has 0 amide bonds. The number of benzene rings is 1. The van der Waals surface area contributed by atoms with Crippen molar-refractivity contribution in [1.82, 2.24) is 25.0 Å². The van der Waals surface area contributed by atoms with Gasteiger partial charge in [-0.05, 0) is 44.0 Å². The summed E-state index contributed by atoms with van der Waals surface area (Å²) in [5.41, 5.74) is 1.58. The minimum atomic E-state index is 0.634. The quantitative estimate of drug-likeness (QED) is 0.674. The molecule has 2 aromatic heterocycles. The van der Waals surface area contributed by atoms with Gasteiger partial charge in [-0.3, -0.25) is 0 Å². The van der Waals surface area contributed by atoms with Gasteiger partial charge in [0.25, 0.3) is 0 Å². The minimum Gasteiger partial charge on any atom is -0.245 e. The number of nitrogens with zero attached hydrogens (tertiary/aromatic N) is 5. The molecule has 0 saturated heterocycles. The van der Waals surface area contributed by atoms with Gasteiger partial charge in [-0.1, -0.05) is 0 Å². The largest absolute Gasteiger partial charge is 0.245 e. The van der Waals surface area contributed by atoms with Crippen LogP contribution in [-0.4, -0.2) is 25.0 Å². The van der Waals surface area contributed by atoms with Gasteiger partial charge in [0, 0.05) is 21.2 Å². The molecule has 3 aromatic rings. The van der Waals surface area contributed by atoms with Crippen LogP contribution in [0.2, 0.25) is 0 Å². The Bertz CT molecular complexity index is 641. The van der Waals surface area contributed by atoms with E-state index in [1.807, 2.05) is 12.1 Å². The number of fused-ring (bicyclic) bond motifs is 1. The van der Waals surface area contributed by atoms with Crippen LogP contribution in [0, 0.1) is 0 Å². The number of halogens is 2. The zero-order valence-corrected chi connectivity index (χ0v) is 11.6. The van der Waals surface area contributed by atoms with Crippen molar-refractivity contribution in [2.75, 3.05) is 0 Å². The van der Waals surface area contributed by atoms with E-state index in [9.17, 15) is 0 Å². The predicted molar refractivity (Wildman–Crippen MR) is 69.9 cm³/mol. The molecule has 1 aromatic carbocycles. The average Bonchev–Trinajstić information content (AvgIpc) is 2.81. The van der Waals surface area contributed by atoms with Gasteiger partial charge in [0.15, 0.2) is 5.82 Å². The lowest BCUT2D eigenvalue weighted by Gasteiger charge is -1.94. The Morgan fingerprint density at radius 1 is 0.941 bits per heavy atom. The van der Waals surface area contributed by atoms with Crippen molar-refractivity contribution in [3.8, 4) is 5.82 Å². The Balaban J connectivity index is 2.27. The molecule has 0 aliphatic rings. The zero-order valence-electron chi connectivity index (χ0n) is 8.38. The van der Waals surface area contributed by atoms with E-state index in [-0.39, 0.29) is 0 Å². The third kappa shape index (κ3) is 1.85. The molecule has 17 heavy (non-hydrogen) atoms. The van der Waals surface area contributed by atoms with Crippen LogP contribution in [0.3, 0.4) is 0 Å². The minimum absolute atomic E-state index is 0.634. The van der Waals surface area contributed by atoms with Crippen LogP contribution in [0.1, 0.15) is 0 Å². The first kappa shape index (κ1) is 10.8. The summed E-state index contributed by atoms with van der Waals surface area (Å²) in [5.74, 6) is 0.634. The number of aromatic nitrogens is 5. The summed E-state index contributed by atoms with van der Waals surface area (Å²) in [6.45, 7) is 0. The molecule has 2 heterocycles. The molecular weight excluding hydrogens is 350 g/mol. The highest BCUT2D eigenvalue weighted by Gasteiger charge is 2.10. The molecule has 84 valence electrons. The van der Waals surface area contributed by atoms with Crippen LogP contribution in [0.25, 0.3) is 16.9 Å². The lowest BCUT2D eigenvalue weighted by molar-refractivity contribution is 0.737. The average molecular weight is 355 g/mol. The van der Waals surface area contributed by atoms with Crippen molar-refractivity contribution in [1.29, 1.82) is 0 Å². The van der Waals surface area contributed by atoms with Gasteiger partial charge in [-0.25, -0.2) is 9.97 Å². The fourth-order valence-electron chi connectivity index (χ4n) is 1.44. The second-order valence-corrected chi connectivity index (χ2v) is 4.99. The summed E-state index contributed by atoms with van der Waals surface area (Å²) in [6, 6.07) is 5.59. The molecule has 5 nitrogen and oxygen atoms in total. The van der Waals surface area contributed by atoms with Crippen molar-refractivity contribution in [3.05, 3.63) is 39.7 Å². The molecule has 0 saturated carbocycles. The lowest BCUT2D eigenvalue weighted by Crippen LogP contribution is -2.01. The normalized spacial score (nSPS) is 10.9.